The zero-order chi connectivity index (χ0) is 18.2. The highest BCUT2D eigenvalue weighted by molar-refractivity contribution is 5.87. The fourth-order valence-corrected chi connectivity index (χ4v) is 2.50. The van der Waals surface area contributed by atoms with E-state index in [2.05, 4.69) is 5.32 Å². The zero-order valence-electron chi connectivity index (χ0n) is 13.7. The molecule has 0 radical (unpaired) electrons. The van der Waals surface area contributed by atoms with Gasteiger partial charge < -0.3 is 15.2 Å². The van der Waals surface area contributed by atoms with E-state index in [0.717, 1.165) is 0 Å². The quantitative estimate of drug-likeness (QED) is 0.805. The fraction of sp³-hybridized carbons (Fsp3) is 0.211. The maximum Gasteiger partial charge on any atom is 0.326 e. The first-order chi connectivity index (χ1) is 12.1. The van der Waals surface area contributed by atoms with Crippen molar-refractivity contribution >= 4 is 11.9 Å². The van der Waals surface area contributed by atoms with E-state index in [0.29, 0.717) is 16.7 Å². The van der Waals surface area contributed by atoms with Crippen molar-refractivity contribution in [3.63, 3.8) is 0 Å². The van der Waals surface area contributed by atoms with Crippen LogP contribution in [0.3, 0.4) is 0 Å². The van der Waals surface area contributed by atoms with Gasteiger partial charge in [-0.05, 0) is 17.2 Å². The van der Waals surface area contributed by atoms with Gasteiger partial charge in [0.25, 0.3) is 5.91 Å². The van der Waals surface area contributed by atoms with Crippen LogP contribution in [0, 0.1) is 11.3 Å². The molecule has 0 aliphatic heterocycles. The molecule has 25 heavy (non-hydrogen) atoms. The Kier molecular flexibility index (Phi) is 6.26. The third kappa shape index (κ3) is 4.66. The van der Waals surface area contributed by atoms with Crippen molar-refractivity contribution in [3.8, 4) is 6.07 Å². The first-order valence-corrected chi connectivity index (χ1v) is 7.65. The van der Waals surface area contributed by atoms with Gasteiger partial charge in [0, 0.05) is 13.5 Å². The van der Waals surface area contributed by atoms with Gasteiger partial charge in [-0.15, -0.1) is 0 Å². The predicted octanol–water partition coefficient (Wildman–Crippen LogP) is 2.06. The van der Waals surface area contributed by atoms with Crippen LogP contribution in [-0.2, 0) is 20.7 Å². The summed E-state index contributed by atoms with van der Waals surface area (Å²) in [4.78, 5) is 24.0. The van der Waals surface area contributed by atoms with Crippen LogP contribution in [0.5, 0.6) is 0 Å². The van der Waals surface area contributed by atoms with Gasteiger partial charge in [0.05, 0.1) is 11.6 Å². The van der Waals surface area contributed by atoms with Gasteiger partial charge in [-0.25, -0.2) is 4.79 Å². The molecule has 0 bridgehead atoms. The topological polar surface area (TPSA) is 99.4 Å². The van der Waals surface area contributed by atoms with E-state index in [1.165, 1.54) is 7.11 Å². The SMILES string of the molecule is CO[C@@H](C(=O)N[C@H](Cc1ccccc1C#N)C(=O)O)c1ccccc1. The minimum absolute atomic E-state index is 0.00995. The van der Waals surface area contributed by atoms with Crippen LogP contribution in [0.2, 0.25) is 0 Å². The second-order valence-corrected chi connectivity index (χ2v) is 5.40. The summed E-state index contributed by atoms with van der Waals surface area (Å²) in [6, 6.07) is 16.4. The van der Waals surface area contributed by atoms with E-state index in [9.17, 15) is 14.7 Å². The highest BCUT2D eigenvalue weighted by atomic mass is 16.5. The van der Waals surface area contributed by atoms with Crippen molar-refractivity contribution in [3.05, 3.63) is 71.3 Å². The lowest BCUT2D eigenvalue weighted by Gasteiger charge is -2.20. The lowest BCUT2D eigenvalue weighted by molar-refractivity contribution is -0.144. The number of benzene rings is 2. The standard InChI is InChI=1S/C19H18N2O4/c1-25-17(13-7-3-2-4-8-13)18(22)21-16(19(23)24)11-14-9-5-6-10-15(14)12-20/h2-10,16-17H,11H2,1H3,(H,21,22)(H,23,24)/t16-,17-/m1/s1. The van der Waals surface area contributed by atoms with E-state index in [4.69, 9.17) is 10.00 Å². The van der Waals surface area contributed by atoms with E-state index in [1.54, 1.807) is 48.5 Å². The van der Waals surface area contributed by atoms with Gasteiger partial charge in [-0.2, -0.15) is 5.26 Å². The molecule has 0 saturated heterocycles. The molecule has 2 rings (SSSR count). The number of hydrogen-bond acceptors (Lipinski definition) is 4. The van der Waals surface area contributed by atoms with Crippen LogP contribution in [0.4, 0.5) is 0 Å². The molecule has 1 amide bonds. The number of aliphatic carboxylic acids is 1. The number of carbonyl (C=O) groups excluding carboxylic acids is 1. The van der Waals surface area contributed by atoms with Crippen molar-refractivity contribution in [1.29, 1.82) is 5.26 Å². The molecule has 0 heterocycles. The first-order valence-electron chi connectivity index (χ1n) is 7.65. The second-order valence-electron chi connectivity index (χ2n) is 5.40. The van der Waals surface area contributed by atoms with Crippen LogP contribution < -0.4 is 5.32 Å². The van der Waals surface area contributed by atoms with Crippen LogP contribution in [-0.4, -0.2) is 30.1 Å². The number of nitrogens with zero attached hydrogens (tertiary/aromatic N) is 1. The lowest BCUT2D eigenvalue weighted by Crippen LogP contribution is -2.44. The van der Waals surface area contributed by atoms with Crippen LogP contribution in [0.1, 0.15) is 22.8 Å². The lowest BCUT2D eigenvalue weighted by atomic mass is 10.0. The molecule has 0 unspecified atom stereocenters. The molecule has 6 nitrogen and oxygen atoms in total. The number of methoxy groups -OCH3 is 1. The molecule has 0 aliphatic carbocycles. The minimum atomic E-state index is -1.18. The molecule has 128 valence electrons. The normalized spacial score (nSPS) is 12.6. The molecule has 0 fully saturated rings. The summed E-state index contributed by atoms with van der Waals surface area (Å²) in [6.07, 6.45) is -0.898. The van der Waals surface area contributed by atoms with Gasteiger partial charge in [-0.1, -0.05) is 48.5 Å². The number of carboxylic acids is 1. The molecule has 0 spiro atoms. The van der Waals surface area contributed by atoms with Crippen molar-refractivity contribution in [1.82, 2.24) is 5.32 Å². The van der Waals surface area contributed by atoms with Gasteiger partial charge in [0.1, 0.15) is 6.04 Å². The Balaban J connectivity index is 2.17. The smallest absolute Gasteiger partial charge is 0.326 e. The van der Waals surface area contributed by atoms with E-state index >= 15 is 0 Å². The third-order valence-corrected chi connectivity index (χ3v) is 3.75. The highest BCUT2D eigenvalue weighted by Crippen LogP contribution is 2.17. The number of hydrogen-bond donors (Lipinski definition) is 2. The number of nitrogens with one attached hydrogen (secondary N) is 1. The Bertz CT molecular complexity index is 784. The Morgan fingerprint density at radius 3 is 2.40 bits per heavy atom. The van der Waals surface area contributed by atoms with Crippen molar-refractivity contribution in [2.45, 2.75) is 18.6 Å². The first kappa shape index (κ1) is 18.2. The van der Waals surface area contributed by atoms with Gasteiger partial charge in [-0.3, -0.25) is 4.79 Å². The maximum atomic E-state index is 12.5. The molecule has 0 aromatic heterocycles. The largest absolute Gasteiger partial charge is 0.480 e. The number of ether oxygens (including phenoxy) is 1. The average molecular weight is 338 g/mol. The van der Waals surface area contributed by atoms with E-state index in [1.807, 2.05) is 12.1 Å². The summed E-state index contributed by atoms with van der Waals surface area (Å²) in [5.41, 5.74) is 1.57. The summed E-state index contributed by atoms with van der Waals surface area (Å²) < 4.78 is 5.22. The zero-order valence-corrected chi connectivity index (χ0v) is 13.7. The molecule has 6 heteroatoms. The molecule has 2 N–H and O–H groups in total. The summed E-state index contributed by atoms with van der Waals surface area (Å²) >= 11 is 0. The van der Waals surface area contributed by atoms with Crippen LogP contribution >= 0.6 is 0 Å². The van der Waals surface area contributed by atoms with Crippen molar-refractivity contribution in [2.24, 2.45) is 0 Å². The maximum absolute atomic E-state index is 12.5. The Morgan fingerprint density at radius 1 is 1.16 bits per heavy atom. The average Bonchev–Trinajstić information content (AvgIpc) is 2.63. The second kappa shape index (κ2) is 8.62. The van der Waals surface area contributed by atoms with Crippen LogP contribution in [0.25, 0.3) is 0 Å². The van der Waals surface area contributed by atoms with Crippen molar-refractivity contribution in [2.75, 3.05) is 7.11 Å². The summed E-state index contributed by atoms with van der Waals surface area (Å²) in [6.45, 7) is 0. The van der Waals surface area contributed by atoms with Crippen LogP contribution in [0.15, 0.2) is 54.6 Å². The van der Waals surface area contributed by atoms with E-state index < -0.39 is 24.0 Å². The number of carbonyl (C=O) groups is 2. The summed E-state index contributed by atoms with van der Waals surface area (Å²) in [5.74, 6) is -1.72. The summed E-state index contributed by atoms with van der Waals surface area (Å²) in [5, 5.41) is 21.0. The number of carboxylic acid groups (broad SMARTS) is 1. The number of amides is 1. The molecule has 0 aliphatic rings. The third-order valence-electron chi connectivity index (χ3n) is 3.75. The molecular formula is C19H18N2O4. The van der Waals surface area contributed by atoms with Gasteiger partial charge >= 0.3 is 5.97 Å². The van der Waals surface area contributed by atoms with Crippen molar-refractivity contribution < 1.29 is 19.4 Å². The Hall–Kier alpha value is -3.17. The van der Waals surface area contributed by atoms with E-state index in [-0.39, 0.29) is 6.42 Å². The number of nitriles is 1. The Morgan fingerprint density at radius 2 is 1.80 bits per heavy atom. The predicted molar refractivity (Wildman–Crippen MR) is 90.6 cm³/mol. The van der Waals surface area contributed by atoms with Gasteiger partial charge in [0.15, 0.2) is 6.10 Å². The molecule has 2 aromatic carbocycles. The fourth-order valence-electron chi connectivity index (χ4n) is 2.50. The molecule has 2 atom stereocenters. The van der Waals surface area contributed by atoms with Gasteiger partial charge in [0.2, 0.25) is 0 Å². The Labute approximate surface area is 145 Å². The number of rotatable bonds is 7. The molecule has 0 saturated carbocycles. The molecular weight excluding hydrogens is 320 g/mol. The highest BCUT2D eigenvalue weighted by Gasteiger charge is 2.27. The minimum Gasteiger partial charge on any atom is -0.480 e. The summed E-state index contributed by atoms with van der Waals surface area (Å²) in [7, 11) is 1.39. The molecule has 2 aromatic rings. The monoisotopic (exact) mass is 338 g/mol.